The van der Waals surface area contributed by atoms with Crippen LogP contribution >= 0.6 is 46.8 Å². The first-order valence-electron chi connectivity index (χ1n) is 7.90. The van der Waals surface area contributed by atoms with Gasteiger partial charge in [-0.3, -0.25) is 25.8 Å². The van der Waals surface area contributed by atoms with Gasteiger partial charge in [-0.15, -0.1) is 11.3 Å². The molecule has 0 fully saturated rings. The summed E-state index contributed by atoms with van der Waals surface area (Å²) in [6.45, 7) is -0.282. The molecule has 2 aromatic carbocycles. The van der Waals surface area contributed by atoms with Gasteiger partial charge in [0, 0.05) is 10.1 Å². The van der Waals surface area contributed by atoms with Crippen LogP contribution in [0.25, 0.3) is 10.1 Å². The Morgan fingerprint density at radius 1 is 1.04 bits per heavy atom. The predicted molar refractivity (Wildman–Crippen MR) is 115 cm³/mol. The quantitative estimate of drug-likeness (QED) is 0.412. The maximum atomic E-state index is 12.4. The van der Waals surface area contributed by atoms with Crippen LogP contribution in [-0.2, 0) is 4.79 Å². The summed E-state index contributed by atoms with van der Waals surface area (Å²) in [5.41, 5.74) is 4.76. The van der Waals surface area contributed by atoms with Crippen LogP contribution in [0.15, 0.2) is 48.5 Å². The Labute approximate surface area is 179 Å². The minimum Gasteiger partial charge on any atom is -0.482 e. The largest absolute Gasteiger partial charge is 0.482 e. The molecule has 1 aromatic heterocycles. The highest BCUT2D eigenvalue weighted by atomic mass is 35.5. The number of fused-ring (bicyclic) bond motifs is 1. The number of benzene rings is 2. The lowest BCUT2D eigenvalue weighted by atomic mass is 10.2. The molecule has 10 heteroatoms. The highest BCUT2D eigenvalue weighted by molar-refractivity contribution is 7.80. The molecule has 144 valence electrons. The lowest BCUT2D eigenvalue weighted by Gasteiger charge is -2.11. The zero-order valence-corrected chi connectivity index (χ0v) is 17.3. The van der Waals surface area contributed by atoms with E-state index in [-0.39, 0.29) is 11.7 Å². The van der Waals surface area contributed by atoms with Crippen LogP contribution in [0.3, 0.4) is 0 Å². The highest BCUT2D eigenvalue weighted by Gasteiger charge is 2.18. The first kappa shape index (κ1) is 20.3. The molecule has 1 heterocycles. The standard InChI is InChI=1S/C18H13Cl2N3O3S2/c19-11-6-2-3-7-12(11)26-9-14(24)22-23-18(27)21-17(25)16-15(20)10-5-1-4-8-13(10)28-16/h1-8H,9H2,(H,22,24)(H2,21,23,25,27). The maximum absolute atomic E-state index is 12.4. The van der Waals surface area contributed by atoms with Gasteiger partial charge in [0.05, 0.1) is 10.0 Å². The lowest BCUT2D eigenvalue weighted by molar-refractivity contribution is -0.123. The molecule has 3 aromatic rings. The Kier molecular flexibility index (Phi) is 6.69. The molecule has 0 aliphatic heterocycles. The molecule has 0 saturated carbocycles. The van der Waals surface area contributed by atoms with Crippen LogP contribution in [0.4, 0.5) is 0 Å². The molecule has 3 rings (SSSR count). The monoisotopic (exact) mass is 453 g/mol. The molecule has 0 bridgehead atoms. The van der Waals surface area contributed by atoms with E-state index < -0.39 is 11.8 Å². The second kappa shape index (κ2) is 9.20. The molecule has 0 saturated heterocycles. The number of hydrogen-bond donors (Lipinski definition) is 3. The summed E-state index contributed by atoms with van der Waals surface area (Å²) in [6, 6.07) is 14.2. The number of thiophene rings is 1. The third kappa shape index (κ3) is 4.90. The van der Waals surface area contributed by atoms with Crippen molar-refractivity contribution in [3.63, 3.8) is 0 Å². The number of ether oxygens (including phenoxy) is 1. The molecule has 0 spiro atoms. The number of nitrogens with one attached hydrogen (secondary N) is 3. The molecule has 28 heavy (non-hydrogen) atoms. The number of para-hydroxylation sites is 1. The summed E-state index contributed by atoms with van der Waals surface area (Å²) in [7, 11) is 0. The van der Waals surface area contributed by atoms with Crippen molar-refractivity contribution in [3.8, 4) is 5.75 Å². The van der Waals surface area contributed by atoms with Crippen molar-refractivity contribution >= 4 is 73.8 Å². The summed E-state index contributed by atoms with van der Waals surface area (Å²) in [5.74, 6) is -0.587. The van der Waals surface area contributed by atoms with Crippen LogP contribution in [0.5, 0.6) is 5.75 Å². The average molecular weight is 454 g/mol. The molecule has 0 atom stereocenters. The maximum Gasteiger partial charge on any atom is 0.276 e. The summed E-state index contributed by atoms with van der Waals surface area (Å²) in [6.07, 6.45) is 0. The van der Waals surface area contributed by atoms with Gasteiger partial charge in [-0.2, -0.15) is 0 Å². The van der Waals surface area contributed by atoms with E-state index in [2.05, 4.69) is 16.2 Å². The second-order valence-electron chi connectivity index (χ2n) is 5.42. The van der Waals surface area contributed by atoms with Gasteiger partial charge >= 0.3 is 0 Å². The third-order valence-corrected chi connectivity index (χ3v) is 5.67. The van der Waals surface area contributed by atoms with E-state index in [9.17, 15) is 9.59 Å². The molecule has 0 aliphatic rings. The number of halogens is 2. The van der Waals surface area contributed by atoms with Crippen molar-refractivity contribution < 1.29 is 14.3 Å². The minimum atomic E-state index is -0.503. The zero-order valence-electron chi connectivity index (χ0n) is 14.1. The van der Waals surface area contributed by atoms with Gasteiger partial charge in [0.15, 0.2) is 11.7 Å². The van der Waals surface area contributed by atoms with Gasteiger partial charge in [0.1, 0.15) is 10.6 Å². The molecular formula is C18H13Cl2N3O3S2. The normalized spacial score (nSPS) is 10.4. The summed E-state index contributed by atoms with van der Waals surface area (Å²) < 4.78 is 6.19. The van der Waals surface area contributed by atoms with E-state index in [1.807, 2.05) is 24.3 Å². The van der Waals surface area contributed by atoms with Crippen molar-refractivity contribution in [3.05, 3.63) is 63.5 Å². The van der Waals surface area contributed by atoms with Crippen LogP contribution < -0.4 is 20.9 Å². The number of hydrazine groups is 1. The molecule has 0 aliphatic carbocycles. The molecule has 3 N–H and O–H groups in total. The number of thiocarbonyl (C=S) groups is 1. The van der Waals surface area contributed by atoms with Crippen molar-refractivity contribution in [1.29, 1.82) is 0 Å². The van der Waals surface area contributed by atoms with Crippen molar-refractivity contribution in [2.45, 2.75) is 0 Å². The van der Waals surface area contributed by atoms with Crippen molar-refractivity contribution in [2.24, 2.45) is 0 Å². The van der Waals surface area contributed by atoms with E-state index in [0.29, 0.717) is 20.7 Å². The number of carbonyl (C=O) groups excluding carboxylic acids is 2. The van der Waals surface area contributed by atoms with Crippen molar-refractivity contribution in [2.75, 3.05) is 6.61 Å². The summed E-state index contributed by atoms with van der Waals surface area (Å²) in [5, 5.41) is 3.94. The van der Waals surface area contributed by atoms with Gasteiger partial charge in [0.25, 0.3) is 11.8 Å². The Bertz CT molecular complexity index is 1060. The molecule has 0 radical (unpaired) electrons. The van der Waals surface area contributed by atoms with Gasteiger partial charge in [-0.05, 0) is 30.4 Å². The van der Waals surface area contributed by atoms with E-state index in [0.717, 1.165) is 10.1 Å². The molecule has 2 amide bonds. The summed E-state index contributed by atoms with van der Waals surface area (Å²) >= 11 is 18.5. The highest BCUT2D eigenvalue weighted by Crippen LogP contribution is 2.34. The summed E-state index contributed by atoms with van der Waals surface area (Å²) in [4.78, 5) is 24.5. The molecule has 0 unspecified atom stereocenters. The number of hydrogen-bond acceptors (Lipinski definition) is 5. The number of carbonyl (C=O) groups is 2. The molecule has 6 nitrogen and oxygen atoms in total. The second-order valence-corrected chi connectivity index (χ2v) is 7.66. The third-order valence-electron chi connectivity index (χ3n) is 3.48. The minimum absolute atomic E-state index is 0.0791. The zero-order chi connectivity index (χ0) is 20.1. The van der Waals surface area contributed by atoms with E-state index in [1.54, 1.807) is 24.3 Å². The fourth-order valence-electron chi connectivity index (χ4n) is 2.22. The van der Waals surface area contributed by atoms with Crippen LogP contribution in [0.1, 0.15) is 9.67 Å². The first-order chi connectivity index (χ1) is 13.5. The number of rotatable bonds is 4. The predicted octanol–water partition coefficient (Wildman–Crippen LogP) is 3.92. The van der Waals surface area contributed by atoms with Gasteiger partial charge in [-0.1, -0.05) is 53.5 Å². The van der Waals surface area contributed by atoms with Gasteiger partial charge < -0.3 is 4.74 Å². The smallest absolute Gasteiger partial charge is 0.276 e. The van der Waals surface area contributed by atoms with E-state index >= 15 is 0 Å². The average Bonchev–Trinajstić information content (AvgIpc) is 3.03. The SMILES string of the molecule is O=C(COc1ccccc1Cl)NNC(=S)NC(=O)c1sc2ccccc2c1Cl. The van der Waals surface area contributed by atoms with Gasteiger partial charge in [0.2, 0.25) is 0 Å². The Morgan fingerprint density at radius 3 is 2.50 bits per heavy atom. The van der Waals surface area contributed by atoms with Crippen LogP contribution in [0, 0.1) is 0 Å². The Morgan fingerprint density at radius 2 is 1.75 bits per heavy atom. The Balaban J connectivity index is 1.49. The Hall–Kier alpha value is -2.39. The van der Waals surface area contributed by atoms with Gasteiger partial charge in [-0.25, -0.2) is 0 Å². The fraction of sp³-hybridized carbons (Fsp3) is 0.0556. The number of amides is 2. The fourth-order valence-corrected chi connectivity index (χ4v) is 3.97. The van der Waals surface area contributed by atoms with E-state index in [4.69, 9.17) is 40.2 Å². The van der Waals surface area contributed by atoms with Crippen LogP contribution in [-0.4, -0.2) is 23.5 Å². The van der Waals surface area contributed by atoms with Crippen LogP contribution in [0.2, 0.25) is 10.0 Å². The molecular weight excluding hydrogens is 441 g/mol. The lowest BCUT2D eigenvalue weighted by Crippen LogP contribution is -2.49. The van der Waals surface area contributed by atoms with Crippen molar-refractivity contribution in [1.82, 2.24) is 16.2 Å². The van der Waals surface area contributed by atoms with E-state index in [1.165, 1.54) is 11.3 Å². The first-order valence-corrected chi connectivity index (χ1v) is 9.88. The topological polar surface area (TPSA) is 79.5 Å².